The van der Waals surface area contributed by atoms with Crippen molar-refractivity contribution >= 4 is 23.3 Å². The predicted octanol–water partition coefficient (Wildman–Crippen LogP) is 1.90. The second-order valence-corrected chi connectivity index (χ2v) is 5.36. The van der Waals surface area contributed by atoms with E-state index in [1.807, 2.05) is 17.5 Å². The van der Waals surface area contributed by atoms with Gasteiger partial charge in [0.1, 0.15) is 0 Å². The number of carboxylic acids is 1. The Morgan fingerprint density at radius 2 is 2.39 bits per heavy atom. The molecule has 1 atom stereocenters. The van der Waals surface area contributed by atoms with Crippen LogP contribution in [0.5, 0.6) is 0 Å². The van der Waals surface area contributed by atoms with Gasteiger partial charge in [-0.1, -0.05) is 6.07 Å². The first-order valence-electron chi connectivity index (χ1n) is 5.95. The van der Waals surface area contributed by atoms with Gasteiger partial charge in [0.25, 0.3) is 0 Å². The summed E-state index contributed by atoms with van der Waals surface area (Å²) in [6.45, 7) is 1.15. The molecule has 0 saturated carbocycles. The molecule has 2 amide bonds. The van der Waals surface area contributed by atoms with Crippen LogP contribution in [0.2, 0.25) is 0 Å². The number of aliphatic carboxylic acids is 1. The molecule has 2 heterocycles. The van der Waals surface area contributed by atoms with E-state index in [1.165, 1.54) is 0 Å². The molecule has 0 spiro atoms. The number of rotatable bonds is 4. The van der Waals surface area contributed by atoms with Crippen molar-refractivity contribution in [3.63, 3.8) is 0 Å². The van der Waals surface area contributed by atoms with Crippen molar-refractivity contribution in [3.05, 3.63) is 22.4 Å². The van der Waals surface area contributed by atoms with Crippen LogP contribution >= 0.6 is 11.3 Å². The molecule has 1 aliphatic heterocycles. The largest absolute Gasteiger partial charge is 0.481 e. The van der Waals surface area contributed by atoms with E-state index in [0.717, 1.165) is 17.7 Å². The smallest absolute Gasteiger partial charge is 0.317 e. The summed E-state index contributed by atoms with van der Waals surface area (Å²) >= 11 is 1.59. The third-order valence-corrected chi connectivity index (χ3v) is 3.92. The molecule has 1 aromatic rings. The highest BCUT2D eigenvalue weighted by Crippen LogP contribution is 2.20. The lowest BCUT2D eigenvalue weighted by Crippen LogP contribution is -2.43. The Morgan fingerprint density at radius 3 is 3.06 bits per heavy atom. The van der Waals surface area contributed by atoms with Crippen molar-refractivity contribution in [2.24, 2.45) is 0 Å². The lowest BCUT2D eigenvalue weighted by Gasteiger charge is -2.23. The molecule has 98 valence electrons. The van der Waals surface area contributed by atoms with Crippen molar-refractivity contribution < 1.29 is 14.7 Å². The average molecular weight is 268 g/mol. The fourth-order valence-electron chi connectivity index (χ4n) is 2.19. The van der Waals surface area contributed by atoms with Gasteiger partial charge in [-0.15, -0.1) is 11.3 Å². The normalized spacial score (nSPS) is 18.9. The minimum atomic E-state index is -0.849. The molecule has 0 aromatic carbocycles. The topological polar surface area (TPSA) is 69.6 Å². The molecular formula is C12H16N2O3S. The number of amides is 2. The van der Waals surface area contributed by atoms with E-state index in [4.69, 9.17) is 5.11 Å². The number of likely N-dealkylation sites (tertiary alicyclic amines) is 1. The molecule has 18 heavy (non-hydrogen) atoms. The average Bonchev–Trinajstić information content (AvgIpc) is 2.95. The number of urea groups is 1. The van der Waals surface area contributed by atoms with E-state index in [9.17, 15) is 9.59 Å². The molecule has 2 rings (SSSR count). The van der Waals surface area contributed by atoms with Gasteiger partial charge in [0.15, 0.2) is 0 Å². The maximum Gasteiger partial charge on any atom is 0.317 e. The Kier molecular flexibility index (Phi) is 4.19. The van der Waals surface area contributed by atoms with Crippen LogP contribution in [-0.2, 0) is 11.3 Å². The molecule has 2 N–H and O–H groups in total. The fourth-order valence-corrected chi connectivity index (χ4v) is 2.84. The molecule has 6 heteroatoms. The second kappa shape index (κ2) is 5.86. The van der Waals surface area contributed by atoms with Gasteiger partial charge in [0.2, 0.25) is 0 Å². The maximum absolute atomic E-state index is 12.0. The van der Waals surface area contributed by atoms with Gasteiger partial charge in [-0.05, 0) is 24.3 Å². The van der Waals surface area contributed by atoms with Gasteiger partial charge >= 0.3 is 12.0 Å². The molecule has 0 bridgehead atoms. The minimum absolute atomic E-state index is 0.0341. The van der Waals surface area contributed by atoms with Gasteiger partial charge in [0.05, 0.1) is 13.0 Å². The fraction of sp³-hybridized carbons (Fsp3) is 0.500. The summed E-state index contributed by atoms with van der Waals surface area (Å²) in [7, 11) is 0. The number of carbonyl (C=O) groups is 2. The highest BCUT2D eigenvalue weighted by molar-refractivity contribution is 7.09. The number of carbonyl (C=O) groups excluding carboxylic acids is 1. The summed E-state index contributed by atoms with van der Waals surface area (Å²) in [6.07, 6.45) is 1.69. The number of hydrogen-bond donors (Lipinski definition) is 2. The minimum Gasteiger partial charge on any atom is -0.481 e. The molecular weight excluding hydrogens is 252 g/mol. The lowest BCUT2D eigenvalue weighted by atomic mass is 10.1. The molecule has 5 nitrogen and oxygen atoms in total. The Labute approximate surface area is 109 Å². The number of nitrogens with one attached hydrogen (secondary N) is 1. The highest BCUT2D eigenvalue weighted by Gasteiger charge is 2.30. The molecule has 1 fully saturated rings. The first-order valence-corrected chi connectivity index (χ1v) is 6.83. The van der Waals surface area contributed by atoms with Crippen LogP contribution in [0.15, 0.2) is 17.5 Å². The molecule has 0 aliphatic carbocycles. The Hall–Kier alpha value is -1.56. The Bertz CT molecular complexity index is 419. The van der Waals surface area contributed by atoms with Crippen LogP contribution in [0.4, 0.5) is 4.79 Å². The summed E-state index contributed by atoms with van der Waals surface area (Å²) in [5.74, 6) is -0.849. The van der Waals surface area contributed by atoms with Crippen molar-refractivity contribution in [2.75, 3.05) is 6.54 Å². The number of nitrogens with zero attached hydrogens (tertiary/aromatic N) is 1. The van der Waals surface area contributed by atoms with E-state index in [1.54, 1.807) is 16.2 Å². The van der Waals surface area contributed by atoms with Crippen LogP contribution in [0.1, 0.15) is 24.1 Å². The van der Waals surface area contributed by atoms with Gasteiger partial charge < -0.3 is 15.3 Å². The predicted molar refractivity (Wildman–Crippen MR) is 68.5 cm³/mol. The highest BCUT2D eigenvalue weighted by atomic mass is 32.1. The molecule has 1 aromatic heterocycles. The van der Waals surface area contributed by atoms with E-state index in [0.29, 0.717) is 13.1 Å². The quantitative estimate of drug-likeness (QED) is 0.876. The maximum atomic E-state index is 12.0. The summed E-state index contributed by atoms with van der Waals surface area (Å²) in [5.41, 5.74) is 0. The van der Waals surface area contributed by atoms with Gasteiger partial charge in [0, 0.05) is 17.5 Å². The number of thiophene rings is 1. The molecule has 1 unspecified atom stereocenters. The lowest BCUT2D eigenvalue weighted by molar-refractivity contribution is -0.137. The monoisotopic (exact) mass is 268 g/mol. The van der Waals surface area contributed by atoms with E-state index in [2.05, 4.69) is 5.32 Å². The van der Waals surface area contributed by atoms with E-state index in [-0.39, 0.29) is 18.5 Å². The zero-order chi connectivity index (χ0) is 13.0. The standard InChI is InChI=1S/C12H16N2O3S/c15-11(16)7-9-3-1-5-14(9)12(17)13-8-10-4-2-6-18-10/h2,4,6,9H,1,3,5,7-8H2,(H,13,17)(H,15,16). The van der Waals surface area contributed by atoms with E-state index < -0.39 is 5.97 Å². The zero-order valence-electron chi connectivity index (χ0n) is 9.96. The Balaban J connectivity index is 1.85. The van der Waals surface area contributed by atoms with Gasteiger partial charge in [-0.3, -0.25) is 4.79 Å². The summed E-state index contributed by atoms with van der Waals surface area (Å²) in [5, 5.41) is 13.6. The zero-order valence-corrected chi connectivity index (χ0v) is 10.8. The Morgan fingerprint density at radius 1 is 1.56 bits per heavy atom. The van der Waals surface area contributed by atoms with Crippen LogP contribution in [0.3, 0.4) is 0 Å². The van der Waals surface area contributed by atoms with Crippen molar-refractivity contribution in [1.29, 1.82) is 0 Å². The summed E-state index contributed by atoms with van der Waals surface area (Å²) in [6, 6.07) is 3.58. The van der Waals surface area contributed by atoms with Crippen molar-refractivity contribution in [2.45, 2.75) is 31.8 Å². The number of carboxylic acid groups (broad SMARTS) is 1. The van der Waals surface area contributed by atoms with Crippen LogP contribution in [0.25, 0.3) is 0 Å². The van der Waals surface area contributed by atoms with Gasteiger partial charge in [-0.25, -0.2) is 4.79 Å². The summed E-state index contributed by atoms with van der Waals surface area (Å²) < 4.78 is 0. The molecule has 1 saturated heterocycles. The van der Waals surface area contributed by atoms with Crippen LogP contribution < -0.4 is 5.32 Å². The third-order valence-electron chi connectivity index (χ3n) is 3.04. The van der Waals surface area contributed by atoms with E-state index >= 15 is 0 Å². The van der Waals surface area contributed by atoms with Crippen molar-refractivity contribution in [3.8, 4) is 0 Å². The first kappa shape index (κ1) is 12.9. The number of hydrogen-bond acceptors (Lipinski definition) is 3. The molecule has 1 aliphatic rings. The van der Waals surface area contributed by atoms with Crippen LogP contribution in [0, 0.1) is 0 Å². The SMILES string of the molecule is O=C(O)CC1CCCN1C(=O)NCc1cccs1. The summed E-state index contributed by atoms with van der Waals surface area (Å²) in [4.78, 5) is 25.4. The second-order valence-electron chi connectivity index (χ2n) is 4.33. The van der Waals surface area contributed by atoms with Crippen molar-refractivity contribution in [1.82, 2.24) is 10.2 Å². The molecule has 0 radical (unpaired) electrons. The van der Waals surface area contributed by atoms with Gasteiger partial charge in [-0.2, -0.15) is 0 Å². The first-order chi connectivity index (χ1) is 8.66. The third kappa shape index (κ3) is 3.22. The van der Waals surface area contributed by atoms with Crippen LogP contribution in [-0.4, -0.2) is 34.6 Å².